The number of pyridine rings is 1. The van der Waals surface area contributed by atoms with Crippen LogP contribution in [0.2, 0.25) is 0 Å². The van der Waals surface area contributed by atoms with E-state index < -0.39 is 5.97 Å². The van der Waals surface area contributed by atoms with E-state index in [9.17, 15) is 9.90 Å². The van der Waals surface area contributed by atoms with E-state index in [1.54, 1.807) is 17.9 Å². The van der Waals surface area contributed by atoms with Crippen LogP contribution in [-0.4, -0.2) is 31.9 Å². The molecule has 0 aliphatic heterocycles. The zero-order valence-corrected chi connectivity index (χ0v) is 12.9. The Balaban J connectivity index is 2.35. The molecule has 6 heteroatoms. The van der Waals surface area contributed by atoms with Crippen molar-refractivity contribution in [2.45, 2.75) is 39.7 Å². The van der Waals surface area contributed by atoms with E-state index in [0.717, 1.165) is 18.2 Å². The molecule has 0 fully saturated rings. The minimum Gasteiger partial charge on any atom is -0.478 e. The minimum absolute atomic E-state index is 0.187. The zero-order valence-electron chi connectivity index (χ0n) is 12.9. The van der Waals surface area contributed by atoms with Crippen LogP contribution in [0.25, 0.3) is 11.0 Å². The van der Waals surface area contributed by atoms with Crippen molar-refractivity contribution in [3.05, 3.63) is 18.0 Å². The van der Waals surface area contributed by atoms with Crippen molar-refractivity contribution in [3.8, 4) is 0 Å². The number of nitrogens with one attached hydrogen (secondary N) is 1. The summed E-state index contributed by atoms with van der Waals surface area (Å²) in [6.45, 7) is 6.43. The van der Waals surface area contributed by atoms with Gasteiger partial charge in [-0.05, 0) is 25.7 Å². The molecule has 21 heavy (non-hydrogen) atoms. The fourth-order valence-electron chi connectivity index (χ4n) is 2.32. The number of carbonyl (C=O) groups is 1. The molecule has 1 atom stereocenters. The molecule has 0 bridgehead atoms. The monoisotopic (exact) mass is 290 g/mol. The molecule has 0 saturated heterocycles. The maximum absolute atomic E-state index is 11.4. The van der Waals surface area contributed by atoms with Gasteiger partial charge in [-0.15, -0.1) is 0 Å². The lowest BCUT2D eigenvalue weighted by Gasteiger charge is -2.18. The number of aromatic carboxylic acids is 1. The van der Waals surface area contributed by atoms with E-state index in [2.05, 4.69) is 36.2 Å². The van der Waals surface area contributed by atoms with E-state index in [1.165, 1.54) is 6.20 Å². The first kappa shape index (κ1) is 15.3. The molecule has 1 unspecified atom stereocenters. The standard InChI is InChI=1S/C15H22N4O2/c1-9(2)5-6-10(3)18-13-11-8-17-19(4)14(11)16-7-12(13)15(20)21/h7-10H,5-6H2,1-4H3,(H,16,18)(H,20,21). The highest BCUT2D eigenvalue weighted by Gasteiger charge is 2.18. The van der Waals surface area contributed by atoms with E-state index in [-0.39, 0.29) is 11.6 Å². The van der Waals surface area contributed by atoms with Crippen molar-refractivity contribution in [3.63, 3.8) is 0 Å². The van der Waals surface area contributed by atoms with Gasteiger partial charge in [-0.3, -0.25) is 4.68 Å². The third kappa shape index (κ3) is 3.32. The van der Waals surface area contributed by atoms with Crippen molar-refractivity contribution >= 4 is 22.7 Å². The van der Waals surface area contributed by atoms with Crippen LogP contribution in [0.3, 0.4) is 0 Å². The maximum Gasteiger partial charge on any atom is 0.339 e. The van der Waals surface area contributed by atoms with Crippen LogP contribution < -0.4 is 5.32 Å². The normalized spacial score (nSPS) is 12.8. The molecule has 2 aromatic rings. The first-order chi connectivity index (χ1) is 9.90. The van der Waals surface area contributed by atoms with Crippen molar-refractivity contribution in [2.24, 2.45) is 13.0 Å². The SMILES string of the molecule is CC(C)CCC(C)Nc1c(C(=O)O)cnc2c1cnn2C. The molecule has 0 aliphatic carbocycles. The van der Waals surface area contributed by atoms with E-state index in [4.69, 9.17) is 0 Å². The second-order valence-corrected chi connectivity index (χ2v) is 5.87. The van der Waals surface area contributed by atoms with Crippen LogP contribution >= 0.6 is 0 Å². The number of aryl methyl sites for hydroxylation is 1. The molecular formula is C15H22N4O2. The lowest BCUT2D eigenvalue weighted by atomic mass is 10.0. The van der Waals surface area contributed by atoms with E-state index >= 15 is 0 Å². The molecular weight excluding hydrogens is 268 g/mol. The molecule has 0 aliphatic rings. The van der Waals surface area contributed by atoms with Crippen LogP contribution in [0, 0.1) is 5.92 Å². The van der Waals surface area contributed by atoms with Gasteiger partial charge in [0.2, 0.25) is 0 Å². The Morgan fingerprint density at radius 2 is 2.05 bits per heavy atom. The average molecular weight is 290 g/mol. The second-order valence-electron chi connectivity index (χ2n) is 5.87. The number of hydrogen-bond acceptors (Lipinski definition) is 4. The number of hydrogen-bond donors (Lipinski definition) is 2. The lowest BCUT2D eigenvalue weighted by Crippen LogP contribution is -2.18. The van der Waals surface area contributed by atoms with Crippen LogP contribution in [0.1, 0.15) is 44.0 Å². The molecule has 114 valence electrons. The third-order valence-corrected chi connectivity index (χ3v) is 3.56. The van der Waals surface area contributed by atoms with Crippen LogP contribution in [0.4, 0.5) is 5.69 Å². The summed E-state index contributed by atoms with van der Waals surface area (Å²) < 4.78 is 1.64. The first-order valence-corrected chi connectivity index (χ1v) is 7.20. The summed E-state index contributed by atoms with van der Waals surface area (Å²) in [7, 11) is 1.79. The predicted octanol–water partition coefficient (Wildman–Crippen LogP) is 2.90. The van der Waals surface area contributed by atoms with E-state index in [1.807, 2.05) is 0 Å². The minimum atomic E-state index is -0.980. The number of carboxylic acid groups (broad SMARTS) is 1. The highest BCUT2D eigenvalue weighted by Crippen LogP contribution is 2.27. The summed E-state index contributed by atoms with van der Waals surface area (Å²) in [4.78, 5) is 15.6. The number of anilines is 1. The summed E-state index contributed by atoms with van der Waals surface area (Å²) in [5.41, 5.74) is 1.47. The van der Waals surface area contributed by atoms with Gasteiger partial charge in [0.1, 0.15) is 5.56 Å². The quantitative estimate of drug-likeness (QED) is 0.855. The third-order valence-electron chi connectivity index (χ3n) is 3.56. The highest BCUT2D eigenvalue weighted by molar-refractivity contribution is 6.03. The summed E-state index contributed by atoms with van der Waals surface area (Å²) >= 11 is 0. The number of aromatic nitrogens is 3. The number of fused-ring (bicyclic) bond motifs is 1. The summed E-state index contributed by atoms with van der Waals surface area (Å²) in [5.74, 6) is -0.351. The van der Waals surface area contributed by atoms with Gasteiger partial charge in [0, 0.05) is 19.3 Å². The lowest BCUT2D eigenvalue weighted by molar-refractivity contribution is 0.0697. The van der Waals surface area contributed by atoms with E-state index in [0.29, 0.717) is 17.3 Å². The highest BCUT2D eigenvalue weighted by atomic mass is 16.4. The van der Waals surface area contributed by atoms with Crippen LogP contribution in [-0.2, 0) is 7.05 Å². The molecule has 2 aromatic heterocycles. The average Bonchev–Trinajstić information content (AvgIpc) is 2.79. The van der Waals surface area contributed by atoms with Crippen molar-refractivity contribution in [2.75, 3.05) is 5.32 Å². The number of carboxylic acids is 1. The van der Waals surface area contributed by atoms with Gasteiger partial charge >= 0.3 is 5.97 Å². The van der Waals surface area contributed by atoms with Crippen molar-refractivity contribution in [1.82, 2.24) is 14.8 Å². The molecule has 0 saturated carbocycles. The maximum atomic E-state index is 11.4. The molecule has 0 aromatic carbocycles. The Kier molecular flexibility index (Phi) is 4.45. The van der Waals surface area contributed by atoms with Crippen LogP contribution in [0.15, 0.2) is 12.4 Å². The summed E-state index contributed by atoms with van der Waals surface area (Å²) in [5, 5.41) is 17.6. The van der Waals surface area contributed by atoms with Gasteiger partial charge in [0.05, 0.1) is 17.3 Å². The Labute approximate surface area is 124 Å². The Bertz CT molecular complexity index is 648. The number of nitrogens with zero attached hydrogens (tertiary/aromatic N) is 3. The van der Waals surface area contributed by atoms with Crippen molar-refractivity contribution in [1.29, 1.82) is 0 Å². The van der Waals surface area contributed by atoms with Gasteiger partial charge < -0.3 is 10.4 Å². The largest absolute Gasteiger partial charge is 0.478 e. The zero-order chi connectivity index (χ0) is 15.6. The summed E-state index contributed by atoms with van der Waals surface area (Å²) in [6.07, 6.45) is 5.13. The van der Waals surface area contributed by atoms with Gasteiger partial charge in [0.15, 0.2) is 5.65 Å². The summed E-state index contributed by atoms with van der Waals surface area (Å²) in [6, 6.07) is 0.191. The topological polar surface area (TPSA) is 80.0 Å². The predicted molar refractivity (Wildman–Crippen MR) is 82.6 cm³/mol. The van der Waals surface area contributed by atoms with Gasteiger partial charge in [-0.1, -0.05) is 13.8 Å². The molecule has 2 rings (SSSR count). The van der Waals surface area contributed by atoms with Crippen molar-refractivity contribution < 1.29 is 9.90 Å². The first-order valence-electron chi connectivity index (χ1n) is 7.20. The fraction of sp³-hybridized carbons (Fsp3) is 0.533. The molecule has 2 N–H and O–H groups in total. The second kappa shape index (κ2) is 6.11. The van der Waals surface area contributed by atoms with Crippen LogP contribution in [0.5, 0.6) is 0 Å². The number of rotatable bonds is 6. The molecule has 0 spiro atoms. The smallest absolute Gasteiger partial charge is 0.339 e. The molecule has 0 radical (unpaired) electrons. The molecule has 2 heterocycles. The van der Waals surface area contributed by atoms with Gasteiger partial charge in [-0.25, -0.2) is 9.78 Å². The molecule has 0 amide bonds. The Hall–Kier alpha value is -2.11. The van der Waals surface area contributed by atoms with Gasteiger partial charge in [0.25, 0.3) is 0 Å². The fourth-order valence-corrected chi connectivity index (χ4v) is 2.32. The van der Waals surface area contributed by atoms with Gasteiger partial charge in [-0.2, -0.15) is 5.10 Å². The Morgan fingerprint density at radius 1 is 1.33 bits per heavy atom. The molecule has 6 nitrogen and oxygen atoms in total. The Morgan fingerprint density at radius 3 is 2.67 bits per heavy atom.